The molecule has 3 amide bonds. The Morgan fingerprint density at radius 1 is 0.314 bits per heavy atom. The maximum Gasteiger partial charge on any atom is 0.254 e. The summed E-state index contributed by atoms with van der Waals surface area (Å²) in [5.74, 6) is 4.01. The van der Waals surface area contributed by atoms with E-state index < -0.39 is 0 Å². The van der Waals surface area contributed by atoms with Crippen LogP contribution in [0.3, 0.4) is 0 Å². The minimum Gasteiger partial charge on any atom is -0.332 e. The standard InChI is InChI=1S/C45H63N3O3/c49-43(46-37-19-7-1-13-31(37)32-14-2-8-20-38(32)46)28-25-29(44(50)47-39-21-9-3-15-33(39)34-16-4-10-22-40(34)47)27-30(26-28)45(51)48-41-23-11-5-17-35(41)36-18-6-12-24-42(36)48/h25-27,31-42H,1-24H2. The van der Waals surface area contributed by atoms with Crippen LogP contribution in [0.15, 0.2) is 18.2 Å². The van der Waals surface area contributed by atoms with Crippen molar-refractivity contribution in [3.8, 4) is 0 Å². The van der Waals surface area contributed by atoms with Crippen molar-refractivity contribution in [3.63, 3.8) is 0 Å². The van der Waals surface area contributed by atoms with Crippen molar-refractivity contribution in [1.29, 1.82) is 0 Å². The Balaban J connectivity index is 1.05. The van der Waals surface area contributed by atoms with Gasteiger partial charge in [0.15, 0.2) is 0 Å². The summed E-state index contributed by atoms with van der Waals surface area (Å²) in [6.07, 6.45) is 29.0. The van der Waals surface area contributed by atoms with Gasteiger partial charge in [0, 0.05) is 52.9 Å². The number of hydrogen-bond donors (Lipinski definition) is 0. The molecule has 9 aliphatic rings. The molecule has 3 saturated heterocycles. The topological polar surface area (TPSA) is 60.9 Å². The van der Waals surface area contributed by atoms with Crippen LogP contribution < -0.4 is 0 Å². The van der Waals surface area contributed by atoms with Crippen LogP contribution in [0.4, 0.5) is 0 Å². The molecule has 6 aliphatic carbocycles. The van der Waals surface area contributed by atoms with Gasteiger partial charge in [-0.05, 0) is 131 Å². The van der Waals surface area contributed by atoms with Crippen molar-refractivity contribution < 1.29 is 14.4 Å². The van der Waals surface area contributed by atoms with Crippen molar-refractivity contribution in [2.75, 3.05) is 0 Å². The number of rotatable bonds is 3. The summed E-state index contributed by atoms with van der Waals surface area (Å²) in [6.45, 7) is 0. The van der Waals surface area contributed by atoms with E-state index in [0.29, 0.717) is 88.4 Å². The van der Waals surface area contributed by atoms with Gasteiger partial charge in [-0.2, -0.15) is 0 Å². The zero-order valence-electron chi connectivity index (χ0n) is 31.2. The largest absolute Gasteiger partial charge is 0.332 e. The average molecular weight is 694 g/mol. The molecule has 6 heteroatoms. The second kappa shape index (κ2) is 13.5. The Kier molecular flexibility index (Phi) is 8.78. The Hall–Kier alpha value is -2.37. The summed E-state index contributed by atoms with van der Waals surface area (Å²) in [4.78, 5) is 52.4. The zero-order chi connectivity index (χ0) is 34.2. The smallest absolute Gasteiger partial charge is 0.254 e. The monoisotopic (exact) mass is 693 g/mol. The number of carbonyl (C=O) groups is 3. The number of benzene rings is 1. The number of fused-ring (bicyclic) bond motifs is 9. The number of likely N-dealkylation sites (tertiary alicyclic amines) is 3. The van der Waals surface area contributed by atoms with Gasteiger partial charge in [0.1, 0.15) is 0 Å². The normalized spacial score (nSPS) is 41.5. The van der Waals surface area contributed by atoms with E-state index in [9.17, 15) is 0 Å². The number of nitrogens with zero attached hydrogens (tertiary/aromatic N) is 3. The van der Waals surface area contributed by atoms with Gasteiger partial charge in [-0.25, -0.2) is 0 Å². The molecule has 3 heterocycles. The summed E-state index contributed by atoms with van der Waals surface area (Å²) < 4.78 is 0. The van der Waals surface area contributed by atoms with Gasteiger partial charge in [-0.3, -0.25) is 14.4 Å². The van der Waals surface area contributed by atoms with E-state index in [0.717, 1.165) is 38.5 Å². The quantitative estimate of drug-likeness (QED) is 0.317. The third-order valence-corrected chi connectivity index (χ3v) is 16.9. The van der Waals surface area contributed by atoms with E-state index in [-0.39, 0.29) is 17.7 Å². The lowest BCUT2D eigenvalue weighted by Crippen LogP contribution is -2.46. The van der Waals surface area contributed by atoms with Gasteiger partial charge in [-0.1, -0.05) is 77.0 Å². The second-order valence-electron chi connectivity index (χ2n) is 19.0. The molecule has 12 unspecified atom stereocenters. The van der Waals surface area contributed by atoms with Crippen LogP contribution >= 0.6 is 0 Å². The van der Waals surface area contributed by atoms with Crippen molar-refractivity contribution in [2.45, 2.75) is 190 Å². The lowest BCUT2D eigenvalue weighted by atomic mass is 9.73. The fourth-order valence-corrected chi connectivity index (χ4v) is 15.0. The van der Waals surface area contributed by atoms with Crippen LogP contribution in [0.1, 0.15) is 185 Å². The lowest BCUT2D eigenvalue weighted by Gasteiger charge is -2.36. The van der Waals surface area contributed by atoms with E-state index in [4.69, 9.17) is 0 Å². The molecule has 1 aromatic carbocycles. The molecule has 6 saturated carbocycles. The molecule has 0 N–H and O–H groups in total. The van der Waals surface area contributed by atoms with Crippen LogP contribution in [-0.4, -0.2) is 68.7 Å². The molecule has 6 nitrogen and oxygen atoms in total. The van der Waals surface area contributed by atoms with Crippen LogP contribution in [0, 0.1) is 35.5 Å². The van der Waals surface area contributed by atoms with Crippen LogP contribution in [0.2, 0.25) is 0 Å². The van der Waals surface area contributed by atoms with Gasteiger partial charge in [0.05, 0.1) is 0 Å². The molecule has 9 fully saturated rings. The first-order chi connectivity index (χ1) is 25.1. The molecule has 10 rings (SSSR count). The highest BCUT2D eigenvalue weighted by atomic mass is 16.2. The fourth-order valence-electron chi connectivity index (χ4n) is 15.0. The Labute approximate surface area is 306 Å². The van der Waals surface area contributed by atoms with E-state index in [2.05, 4.69) is 14.7 Å². The zero-order valence-corrected chi connectivity index (χ0v) is 31.2. The fraction of sp³-hybridized carbons (Fsp3) is 0.800. The summed E-state index contributed by atoms with van der Waals surface area (Å²) in [5.41, 5.74) is 1.83. The maximum absolute atomic E-state index is 15.1. The molecule has 12 atom stereocenters. The highest BCUT2D eigenvalue weighted by Crippen LogP contribution is 2.53. The molecular formula is C45H63N3O3. The minimum atomic E-state index is 0.102. The summed E-state index contributed by atoms with van der Waals surface area (Å²) >= 11 is 0. The van der Waals surface area contributed by atoms with Crippen molar-refractivity contribution in [1.82, 2.24) is 14.7 Å². The molecule has 1 aromatic rings. The van der Waals surface area contributed by atoms with Crippen molar-refractivity contribution >= 4 is 17.7 Å². The summed E-state index contributed by atoms with van der Waals surface area (Å²) in [7, 11) is 0. The number of hydrogen-bond acceptors (Lipinski definition) is 3. The lowest BCUT2D eigenvalue weighted by molar-refractivity contribution is 0.0590. The Bertz CT molecular complexity index is 1270. The first-order valence-electron chi connectivity index (χ1n) is 22.2. The Morgan fingerprint density at radius 3 is 0.686 bits per heavy atom. The van der Waals surface area contributed by atoms with Gasteiger partial charge < -0.3 is 14.7 Å². The van der Waals surface area contributed by atoms with Crippen LogP contribution in [0.5, 0.6) is 0 Å². The summed E-state index contributed by atoms with van der Waals surface area (Å²) in [5, 5.41) is 0. The van der Waals surface area contributed by atoms with E-state index in [1.165, 1.54) is 116 Å². The summed E-state index contributed by atoms with van der Waals surface area (Å²) in [6, 6.07) is 7.75. The minimum absolute atomic E-state index is 0.102. The highest BCUT2D eigenvalue weighted by molar-refractivity contribution is 6.05. The Morgan fingerprint density at radius 2 is 0.490 bits per heavy atom. The van der Waals surface area contributed by atoms with Gasteiger partial charge in [-0.15, -0.1) is 0 Å². The van der Waals surface area contributed by atoms with Crippen molar-refractivity contribution in [2.24, 2.45) is 35.5 Å². The van der Waals surface area contributed by atoms with Gasteiger partial charge in [0.2, 0.25) is 0 Å². The van der Waals surface area contributed by atoms with Gasteiger partial charge >= 0.3 is 0 Å². The molecule has 3 aliphatic heterocycles. The van der Waals surface area contributed by atoms with E-state index >= 15 is 14.4 Å². The molecule has 0 aromatic heterocycles. The predicted octanol–water partition coefficient (Wildman–Crippen LogP) is 9.41. The van der Waals surface area contributed by atoms with Crippen molar-refractivity contribution in [3.05, 3.63) is 34.9 Å². The first-order valence-corrected chi connectivity index (χ1v) is 22.2. The first kappa shape index (κ1) is 33.2. The van der Waals surface area contributed by atoms with E-state index in [1.807, 2.05) is 18.2 Å². The molecule has 0 bridgehead atoms. The van der Waals surface area contributed by atoms with E-state index in [1.54, 1.807) is 0 Å². The molecule has 276 valence electrons. The number of amides is 3. The predicted molar refractivity (Wildman–Crippen MR) is 199 cm³/mol. The molecular weight excluding hydrogens is 631 g/mol. The third kappa shape index (κ3) is 5.39. The maximum atomic E-state index is 15.1. The average Bonchev–Trinajstić information content (AvgIpc) is 3.83. The highest BCUT2D eigenvalue weighted by Gasteiger charge is 2.55. The van der Waals surface area contributed by atoms with Gasteiger partial charge in [0.25, 0.3) is 17.7 Å². The van der Waals surface area contributed by atoms with Crippen LogP contribution in [-0.2, 0) is 0 Å². The SMILES string of the molecule is O=C(c1cc(C(=O)N2C3CCCCC3C3CCCCC32)cc(C(=O)N2C3CCCCC3C3CCCCC32)c1)N1C2CCCCC2C2CCCCC21. The molecule has 51 heavy (non-hydrogen) atoms. The second-order valence-corrected chi connectivity index (χ2v) is 19.0. The van der Waals surface area contributed by atoms with Crippen LogP contribution in [0.25, 0.3) is 0 Å². The number of carbonyl (C=O) groups excluding carboxylic acids is 3. The molecule has 0 radical (unpaired) electrons. The third-order valence-electron chi connectivity index (χ3n) is 16.9. The molecule has 0 spiro atoms.